The molecule has 1 N–H and O–H groups in total. The van der Waals surface area contributed by atoms with Crippen LogP contribution in [0.4, 0.5) is 11.4 Å². The van der Waals surface area contributed by atoms with E-state index in [4.69, 9.17) is 0 Å². The van der Waals surface area contributed by atoms with Crippen molar-refractivity contribution in [3.8, 4) is 0 Å². The van der Waals surface area contributed by atoms with E-state index < -0.39 is 0 Å². The van der Waals surface area contributed by atoms with Gasteiger partial charge in [0.2, 0.25) is 0 Å². The zero-order chi connectivity index (χ0) is 13.1. The summed E-state index contributed by atoms with van der Waals surface area (Å²) in [5.41, 5.74) is 1.87. The average Bonchev–Trinajstić information content (AvgIpc) is 2.73. The molecular weight excluding hydrogens is 250 g/mol. The summed E-state index contributed by atoms with van der Waals surface area (Å²) in [5.74, 6) is 0. The monoisotopic (exact) mass is 263 g/mol. The lowest BCUT2D eigenvalue weighted by Crippen LogP contribution is -2.01. The highest BCUT2D eigenvalue weighted by Gasteiger charge is 2.08. The van der Waals surface area contributed by atoms with E-state index in [0.29, 0.717) is 6.54 Å². The number of hydrogen-bond acceptors (Lipinski definition) is 5. The molecule has 2 aromatic rings. The minimum Gasteiger partial charge on any atom is -0.378 e. The number of thiazole rings is 1. The zero-order valence-electron chi connectivity index (χ0n) is 10.1. The van der Waals surface area contributed by atoms with Crippen LogP contribution in [0.3, 0.4) is 0 Å². The largest absolute Gasteiger partial charge is 0.378 e. The second-order valence-corrected chi connectivity index (χ2v) is 5.29. The van der Waals surface area contributed by atoms with Crippen molar-refractivity contribution >= 4 is 22.7 Å². The summed E-state index contributed by atoms with van der Waals surface area (Å²) in [5, 5.41) is 14.9. The number of rotatable bonds is 4. The van der Waals surface area contributed by atoms with Crippen molar-refractivity contribution in [1.29, 1.82) is 0 Å². The maximum absolute atomic E-state index is 10.6. The van der Waals surface area contributed by atoms with E-state index in [1.54, 1.807) is 23.5 Å². The molecule has 2 rings (SSSR count). The average molecular weight is 263 g/mol. The number of aryl methyl sites for hydroxylation is 2. The normalized spacial score (nSPS) is 10.3. The fourth-order valence-electron chi connectivity index (χ4n) is 1.61. The predicted octanol–water partition coefficient (Wildman–Crippen LogP) is 3.28. The zero-order valence-corrected chi connectivity index (χ0v) is 11.0. The van der Waals surface area contributed by atoms with E-state index in [1.165, 1.54) is 10.9 Å². The number of nitro benzene ring substituents is 1. The second kappa shape index (κ2) is 5.14. The van der Waals surface area contributed by atoms with E-state index in [-0.39, 0.29) is 10.6 Å². The third-order valence-corrected chi connectivity index (χ3v) is 3.43. The van der Waals surface area contributed by atoms with Crippen molar-refractivity contribution < 1.29 is 4.92 Å². The molecular formula is C12H13N3O2S. The molecule has 0 radical (unpaired) electrons. The van der Waals surface area contributed by atoms with Crippen LogP contribution in [-0.4, -0.2) is 9.91 Å². The van der Waals surface area contributed by atoms with Gasteiger partial charge in [-0.3, -0.25) is 10.1 Å². The summed E-state index contributed by atoms with van der Waals surface area (Å²) in [6.45, 7) is 4.50. The maximum atomic E-state index is 10.6. The molecule has 0 aliphatic carbocycles. The summed E-state index contributed by atoms with van der Waals surface area (Å²) in [6.07, 6.45) is 1.84. The first-order valence-corrected chi connectivity index (χ1v) is 6.28. The lowest BCUT2D eigenvalue weighted by molar-refractivity contribution is -0.384. The minimum atomic E-state index is -0.388. The Morgan fingerprint density at radius 3 is 2.78 bits per heavy atom. The SMILES string of the molecule is Cc1cnc(CNc2ccc([N+](=O)[O-])cc2C)s1. The van der Waals surface area contributed by atoms with Gasteiger partial charge in [0.15, 0.2) is 0 Å². The standard InChI is InChI=1S/C12H13N3O2S/c1-8-5-10(15(16)17)3-4-11(8)13-7-12-14-6-9(2)18-12/h3-6,13H,7H2,1-2H3. The molecule has 1 aromatic heterocycles. The van der Waals surface area contributed by atoms with Crippen LogP contribution in [0.25, 0.3) is 0 Å². The first kappa shape index (κ1) is 12.5. The van der Waals surface area contributed by atoms with Gasteiger partial charge in [-0.1, -0.05) is 0 Å². The van der Waals surface area contributed by atoms with Crippen molar-refractivity contribution in [3.05, 3.63) is 50.0 Å². The molecule has 1 aromatic carbocycles. The van der Waals surface area contributed by atoms with Crippen molar-refractivity contribution in [1.82, 2.24) is 4.98 Å². The van der Waals surface area contributed by atoms with Gasteiger partial charge < -0.3 is 5.32 Å². The molecule has 0 aliphatic heterocycles. The van der Waals surface area contributed by atoms with Crippen molar-refractivity contribution in [3.63, 3.8) is 0 Å². The molecule has 5 nitrogen and oxygen atoms in total. The predicted molar refractivity (Wildman–Crippen MR) is 72.0 cm³/mol. The van der Waals surface area contributed by atoms with Gasteiger partial charge in [0.05, 0.1) is 11.5 Å². The van der Waals surface area contributed by atoms with Crippen molar-refractivity contribution in [2.24, 2.45) is 0 Å². The Balaban J connectivity index is 2.08. The highest BCUT2D eigenvalue weighted by molar-refractivity contribution is 7.11. The van der Waals surface area contributed by atoms with Crippen LogP contribution < -0.4 is 5.32 Å². The summed E-state index contributed by atoms with van der Waals surface area (Å²) in [6, 6.07) is 4.80. The van der Waals surface area contributed by atoms with Crippen LogP contribution in [0.1, 0.15) is 15.4 Å². The smallest absolute Gasteiger partial charge is 0.269 e. The van der Waals surface area contributed by atoms with E-state index in [2.05, 4.69) is 10.3 Å². The molecule has 0 saturated heterocycles. The topological polar surface area (TPSA) is 68.1 Å². The van der Waals surface area contributed by atoms with Crippen LogP contribution >= 0.6 is 11.3 Å². The summed E-state index contributed by atoms with van der Waals surface area (Å²) >= 11 is 1.64. The van der Waals surface area contributed by atoms with Crippen LogP contribution in [0.15, 0.2) is 24.4 Å². The number of nitrogens with one attached hydrogen (secondary N) is 1. The van der Waals surface area contributed by atoms with Gasteiger partial charge in [-0.2, -0.15) is 0 Å². The first-order valence-electron chi connectivity index (χ1n) is 5.46. The quantitative estimate of drug-likeness (QED) is 0.679. The number of benzene rings is 1. The molecule has 0 fully saturated rings. The van der Waals surface area contributed by atoms with Crippen LogP contribution in [0.5, 0.6) is 0 Å². The van der Waals surface area contributed by atoms with Gasteiger partial charge in [0, 0.05) is 28.9 Å². The third-order valence-electron chi connectivity index (χ3n) is 2.52. The Bertz CT molecular complexity index is 580. The van der Waals surface area contributed by atoms with Gasteiger partial charge in [0.1, 0.15) is 5.01 Å². The lowest BCUT2D eigenvalue weighted by Gasteiger charge is -2.07. The number of hydrogen-bond donors (Lipinski definition) is 1. The van der Waals surface area contributed by atoms with Gasteiger partial charge in [-0.25, -0.2) is 4.98 Å². The van der Waals surface area contributed by atoms with Crippen LogP contribution in [0, 0.1) is 24.0 Å². The molecule has 0 amide bonds. The van der Waals surface area contributed by atoms with E-state index in [9.17, 15) is 10.1 Å². The molecule has 0 bridgehead atoms. The van der Waals surface area contributed by atoms with E-state index in [0.717, 1.165) is 16.3 Å². The highest BCUT2D eigenvalue weighted by atomic mass is 32.1. The molecule has 18 heavy (non-hydrogen) atoms. The Labute approximate surface area is 109 Å². The maximum Gasteiger partial charge on any atom is 0.269 e. The Kier molecular flexibility index (Phi) is 3.57. The van der Waals surface area contributed by atoms with Gasteiger partial charge in [-0.15, -0.1) is 11.3 Å². The van der Waals surface area contributed by atoms with E-state index in [1.807, 2.05) is 20.0 Å². The number of nitro groups is 1. The summed E-state index contributed by atoms with van der Waals surface area (Å²) < 4.78 is 0. The summed E-state index contributed by atoms with van der Waals surface area (Å²) in [7, 11) is 0. The molecule has 94 valence electrons. The molecule has 0 unspecified atom stereocenters. The third kappa shape index (κ3) is 2.84. The minimum absolute atomic E-state index is 0.114. The fourth-order valence-corrected chi connectivity index (χ4v) is 2.34. The Morgan fingerprint density at radius 2 is 2.22 bits per heavy atom. The molecule has 0 saturated carbocycles. The van der Waals surface area contributed by atoms with Gasteiger partial charge in [-0.05, 0) is 25.5 Å². The molecule has 0 atom stereocenters. The Morgan fingerprint density at radius 1 is 1.44 bits per heavy atom. The first-order chi connectivity index (χ1) is 8.56. The Hall–Kier alpha value is -1.95. The number of nitrogens with zero attached hydrogens (tertiary/aromatic N) is 2. The fraction of sp³-hybridized carbons (Fsp3) is 0.250. The van der Waals surface area contributed by atoms with Crippen molar-refractivity contribution in [2.45, 2.75) is 20.4 Å². The molecule has 0 spiro atoms. The van der Waals surface area contributed by atoms with E-state index >= 15 is 0 Å². The summed E-state index contributed by atoms with van der Waals surface area (Å²) in [4.78, 5) is 15.7. The van der Waals surface area contributed by atoms with Gasteiger partial charge >= 0.3 is 0 Å². The highest BCUT2D eigenvalue weighted by Crippen LogP contribution is 2.22. The second-order valence-electron chi connectivity index (χ2n) is 3.97. The van der Waals surface area contributed by atoms with Gasteiger partial charge in [0.25, 0.3) is 5.69 Å². The number of anilines is 1. The molecule has 6 heteroatoms. The number of aromatic nitrogens is 1. The number of non-ortho nitro benzene ring substituents is 1. The molecule has 0 aliphatic rings. The lowest BCUT2D eigenvalue weighted by atomic mass is 10.2. The van der Waals surface area contributed by atoms with Crippen LogP contribution in [-0.2, 0) is 6.54 Å². The molecule has 1 heterocycles. The van der Waals surface area contributed by atoms with Crippen molar-refractivity contribution in [2.75, 3.05) is 5.32 Å². The van der Waals surface area contributed by atoms with Crippen LogP contribution in [0.2, 0.25) is 0 Å².